The van der Waals surface area contributed by atoms with Crippen molar-refractivity contribution in [3.63, 3.8) is 0 Å². The van der Waals surface area contributed by atoms with E-state index in [0.717, 1.165) is 31.4 Å². The third kappa shape index (κ3) is 2.69. The largest absolute Gasteiger partial charge is 0.494 e. The minimum absolute atomic E-state index is 0.697. The van der Waals surface area contributed by atoms with Gasteiger partial charge in [0.25, 0.3) is 0 Å². The average molecular weight is 312 g/mol. The highest BCUT2D eigenvalue weighted by Crippen LogP contribution is 2.33. The van der Waals surface area contributed by atoms with Crippen molar-refractivity contribution in [3.05, 3.63) is 33.2 Å². The lowest BCUT2D eigenvalue weighted by Crippen LogP contribution is -1.93. The van der Waals surface area contributed by atoms with Crippen LogP contribution < -0.4 is 4.74 Å². The first kappa shape index (κ1) is 12.6. The summed E-state index contributed by atoms with van der Waals surface area (Å²) in [6.45, 7) is 6.76. The fraction of sp³-hybridized carbons (Fsp3) is 0.308. The highest BCUT2D eigenvalue weighted by Gasteiger charge is 2.08. The first-order valence-corrected chi connectivity index (χ1v) is 7.09. The van der Waals surface area contributed by atoms with Gasteiger partial charge in [0, 0.05) is 5.56 Å². The van der Waals surface area contributed by atoms with Crippen LogP contribution in [0.25, 0.3) is 10.6 Å². The number of aryl methyl sites for hydroxylation is 2. The predicted octanol–water partition coefficient (Wildman–Crippen LogP) is 4.59. The van der Waals surface area contributed by atoms with Crippen LogP contribution in [-0.2, 0) is 0 Å². The molecule has 2 aromatic rings. The van der Waals surface area contributed by atoms with Gasteiger partial charge in [0.2, 0.25) is 0 Å². The third-order valence-electron chi connectivity index (χ3n) is 2.46. The second-order valence-electron chi connectivity index (χ2n) is 3.79. The maximum Gasteiger partial charge on any atom is 0.124 e. The first-order valence-electron chi connectivity index (χ1n) is 5.48. The molecule has 0 aliphatic heterocycles. The minimum Gasteiger partial charge on any atom is -0.494 e. The van der Waals surface area contributed by atoms with Crippen molar-refractivity contribution < 1.29 is 4.74 Å². The zero-order valence-corrected chi connectivity index (χ0v) is 12.5. The number of aromatic nitrogens is 1. The van der Waals surface area contributed by atoms with E-state index in [-0.39, 0.29) is 0 Å². The molecule has 1 aromatic carbocycles. The Morgan fingerprint density at radius 2 is 2.12 bits per heavy atom. The molecule has 90 valence electrons. The van der Waals surface area contributed by atoms with Crippen LogP contribution in [-0.4, -0.2) is 11.6 Å². The van der Waals surface area contributed by atoms with Crippen molar-refractivity contribution in [1.82, 2.24) is 4.98 Å². The maximum atomic E-state index is 5.53. The summed E-state index contributed by atoms with van der Waals surface area (Å²) >= 11 is 5.16. The molecule has 0 unspecified atom stereocenters. The van der Waals surface area contributed by atoms with Gasteiger partial charge in [-0.25, -0.2) is 4.98 Å². The average Bonchev–Trinajstić information content (AvgIpc) is 2.62. The van der Waals surface area contributed by atoms with Crippen molar-refractivity contribution in [2.24, 2.45) is 0 Å². The molecule has 17 heavy (non-hydrogen) atoms. The topological polar surface area (TPSA) is 22.1 Å². The fourth-order valence-corrected chi connectivity index (χ4v) is 2.94. The first-order chi connectivity index (χ1) is 8.11. The summed E-state index contributed by atoms with van der Waals surface area (Å²) in [7, 11) is 0. The number of rotatable bonds is 3. The van der Waals surface area contributed by atoms with Crippen LogP contribution in [0.2, 0.25) is 0 Å². The molecule has 1 heterocycles. The smallest absolute Gasteiger partial charge is 0.124 e. The van der Waals surface area contributed by atoms with Crippen LogP contribution in [0.3, 0.4) is 0 Å². The van der Waals surface area contributed by atoms with E-state index in [2.05, 4.69) is 40.0 Å². The van der Waals surface area contributed by atoms with E-state index in [1.54, 1.807) is 11.3 Å². The number of nitrogens with zero attached hydrogens (tertiary/aromatic N) is 1. The van der Waals surface area contributed by atoms with Gasteiger partial charge in [0.1, 0.15) is 10.8 Å². The second kappa shape index (κ2) is 5.19. The third-order valence-corrected chi connectivity index (χ3v) is 4.52. The number of ether oxygens (including phenoxy) is 1. The lowest BCUT2D eigenvalue weighted by molar-refractivity contribution is 0.338. The zero-order chi connectivity index (χ0) is 12.4. The highest BCUT2D eigenvalue weighted by atomic mass is 79.9. The molecule has 1 aromatic heterocycles. The lowest BCUT2D eigenvalue weighted by Gasteiger charge is -2.07. The molecular weight excluding hydrogens is 298 g/mol. The Morgan fingerprint density at radius 1 is 1.35 bits per heavy atom. The van der Waals surface area contributed by atoms with Crippen molar-refractivity contribution in [2.75, 3.05) is 6.61 Å². The van der Waals surface area contributed by atoms with E-state index in [1.165, 1.54) is 0 Å². The predicted molar refractivity (Wildman–Crippen MR) is 75.9 cm³/mol. The monoisotopic (exact) mass is 311 g/mol. The van der Waals surface area contributed by atoms with Crippen molar-refractivity contribution in [2.45, 2.75) is 20.8 Å². The molecule has 0 fully saturated rings. The minimum atomic E-state index is 0.697. The number of thiazole rings is 1. The van der Waals surface area contributed by atoms with Gasteiger partial charge < -0.3 is 4.74 Å². The lowest BCUT2D eigenvalue weighted by atomic mass is 10.1. The Bertz CT molecular complexity index is 517. The highest BCUT2D eigenvalue weighted by molar-refractivity contribution is 9.11. The van der Waals surface area contributed by atoms with Gasteiger partial charge in [-0.3, -0.25) is 0 Å². The number of halogens is 1. The Morgan fingerprint density at radius 3 is 2.65 bits per heavy atom. The van der Waals surface area contributed by atoms with Gasteiger partial charge in [-0.15, -0.1) is 11.3 Å². The molecule has 0 N–H and O–H groups in total. The van der Waals surface area contributed by atoms with E-state index >= 15 is 0 Å². The van der Waals surface area contributed by atoms with Crippen LogP contribution in [0.5, 0.6) is 5.75 Å². The van der Waals surface area contributed by atoms with Crippen LogP contribution in [0.4, 0.5) is 0 Å². The molecule has 0 radical (unpaired) electrons. The van der Waals surface area contributed by atoms with Gasteiger partial charge in [-0.05, 0) is 60.5 Å². The summed E-state index contributed by atoms with van der Waals surface area (Å²) in [5.41, 5.74) is 3.33. The van der Waals surface area contributed by atoms with Gasteiger partial charge in [0.05, 0.1) is 16.1 Å². The number of hydrogen-bond acceptors (Lipinski definition) is 3. The van der Waals surface area contributed by atoms with Gasteiger partial charge in [-0.1, -0.05) is 0 Å². The van der Waals surface area contributed by atoms with Gasteiger partial charge in [-0.2, -0.15) is 0 Å². The molecule has 0 saturated carbocycles. The van der Waals surface area contributed by atoms with E-state index < -0.39 is 0 Å². The summed E-state index contributed by atoms with van der Waals surface area (Å²) in [6, 6.07) is 6.19. The molecule has 4 heteroatoms. The Labute approximate surface area is 114 Å². The van der Waals surface area contributed by atoms with Crippen LogP contribution in [0, 0.1) is 13.8 Å². The summed E-state index contributed by atoms with van der Waals surface area (Å²) in [5.74, 6) is 0.948. The fourth-order valence-electron chi connectivity index (χ4n) is 1.60. The molecule has 0 bridgehead atoms. The molecule has 0 spiro atoms. The Kier molecular flexibility index (Phi) is 3.84. The summed E-state index contributed by atoms with van der Waals surface area (Å²) < 4.78 is 6.63. The van der Waals surface area contributed by atoms with Crippen molar-refractivity contribution >= 4 is 27.3 Å². The summed E-state index contributed by atoms with van der Waals surface area (Å²) in [4.78, 5) is 4.53. The van der Waals surface area contributed by atoms with Gasteiger partial charge in [0.15, 0.2) is 0 Å². The van der Waals surface area contributed by atoms with Crippen LogP contribution in [0.15, 0.2) is 22.0 Å². The molecule has 2 nitrogen and oxygen atoms in total. The summed E-state index contributed by atoms with van der Waals surface area (Å²) in [5, 5.41) is 1.04. The maximum absolute atomic E-state index is 5.53. The SMILES string of the molecule is CCOc1ccc(-c2nc(C)c(Br)s2)cc1C. The normalized spacial score (nSPS) is 10.6. The van der Waals surface area contributed by atoms with Gasteiger partial charge >= 0.3 is 0 Å². The van der Waals surface area contributed by atoms with Crippen LogP contribution in [0.1, 0.15) is 18.2 Å². The molecule has 2 rings (SSSR count). The molecule has 0 aliphatic carbocycles. The van der Waals surface area contributed by atoms with E-state index in [9.17, 15) is 0 Å². The molecule has 0 saturated heterocycles. The standard InChI is InChI=1S/C13H14BrNOS/c1-4-16-11-6-5-10(7-8(11)2)13-15-9(3)12(14)17-13/h5-7H,4H2,1-3H3. The Balaban J connectivity index is 2.37. The Hall–Kier alpha value is -0.870. The molecule has 0 atom stereocenters. The quantitative estimate of drug-likeness (QED) is 0.827. The zero-order valence-electron chi connectivity index (χ0n) is 10.1. The number of benzene rings is 1. The van der Waals surface area contributed by atoms with Crippen molar-refractivity contribution in [3.8, 4) is 16.3 Å². The van der Waals surface area contributed by atoms with E-state index in [4.69, 9.17) is 4.74 Å². The molecule has 0 amide bonds. The van der Waals surface area contributed by atoms with Crippen LogP contribution >= 0.6 is 27.3 Å². The van der Waals surface area contributed by atoms with E-state index in [1.807, 2.05) is 19.9 Å². The summed E-state index contributed by atoms with van der Waals surface area (Å²) in [6.07, 6.45) is 0. The second-order valence-corrected chi connectivity index (χ2v) is 6.11. The number of hydrogen-bond donors (Lipinski definition) is 0. The molecular formula is C13H14BrNOS. The molecule has 0 aliphatic rings. The van der Waals surface area contributed by atoms with E-state index in [0.29, 0.717) is 6.61 Å². The van der Waals surface area contributed by atoms with Crippen molar-refractivity contribution in [1.29, 1.82) is 0 Å².